The van der Waals surface area contributed by atoms with Gasteiger partial charge in [0, 0.05) is 24.1 Å². The number of hydrogen-bond donors (Lipinski definition) is 1. The Balaban J connectivity index is 1.54. The minimum atomic E-state index is 0.358. The second-order valence-corrected chi connectivity index (χ2v) is 7.04. The number of nitrogens with one attached hydrogen (secondary N) is 1. The van der Waals surface area contributed by atoms with Crippen molar-refractivity contribution in [3.8, 4) is 0 Å². The molecule has 0 amide bonds. The van der Waals surface area contributed by atoms with E-state index < -0.39 is 0 Å². The molecule has 1 aromatic rings. The number of rotatable bonds is 4. The van der Waals surface area contributed by atoms with Gasteiger partial charge in [-0.1, -0.05) is 6.92 Å². The molecule has 1 N–H and O–H groups in total. The molecule has 0 aromatic carbocycles. The molecule has 0 spiro atoms. The molecule has 0 aliphatic carbocycles. The molecule has 2 aliphatic heterocycles. The lowest BCUT2D eigenvalue weighted by molar-refractivity contribution is 0.0940. The Kier molecular flexibility index (Phi) is 4.33. The normalized spacial score (nSPS) is 31.5. The molecule has 2 aliphatic rings. The average molecular weight is 281 g/mol. The molecule has 3 unspecified atom stereocenters. The van der Waals surface area contributed by atoms with Crippen LogP contribution in [0.5, 0.6) is 0 Å². The van der Waals surface area contributed by atoms with Crippen LogP contribution in [-0.2, 0) is 11.3 Å². The topological polar surface area (TPSA) is 39.1 Å². The fourth-order valence-corrected chi connectivity index (χ4v) is 4.00. The molecule has 5 heteroatoms. The van der Waals surface area contributed by atoms with Crippen LogP contribution in [0.2, 0.25) is 0 Å². The molecule has 0 radical (unpaired) electrons. The van der Waals surface area contributed by atoms with Crippen LogP contribution in [-0.4, -0.2) is 39.5 Å². The predicted octanol–water partition coefficient (Wildman–Crippen LogP) is 2.76. The second-order valence-electron chi connectivity index (χ2n) is 5.56. The van der Waals surface area contributed by atoms with E-state index in [1.54, 1.807) is 0 Å². The molecule has 1 aromatic heterocycles. The first-order valence-corrected chi connectivity index (χ1v) is 8.38. The Bertz CT molecular complexity index is 403. The van der Waals surface area contributed by atoms with Gasteiger partial charge in [0.15, 0.2) is 0 Å². The van der Waals surface area contributed by atoms with Crippen LogP contribution < -0.4 is 5.32 Å². The molecule has 19 heavy (non-hydrogen) atoms. The highest BCUT2D eigenvalue weighted by atomic mass is 32.2. The highest BCUT2D eigenvalue weighted by molar-refractivity contribution is 8.00. The van der Waals surface area contributed by atoms with E-state index in [1.807, 2.05) is 10.9 Å². The van der Waals surface area contributed by atoms with E-state index in [0.717, 1.165) is 18.8 Å². The molecule has 3 heterocycles. The standard InChI is InChI=1S/C14H23N3OS/c1-11-14(5-3-7-19-11)16-12-8-15-17(9-12)10-13-4-2-6-18-13/h8-9,11,13-14,16H,2-7,10H2,1H3. The zero-order chi connectivity index (χ0) is 13.1. The minimum Gasteiger partial charge on any atom is -0.379 e. The Morgan fingerprint density at radius 1 is 1.47 bits per heavy atom. The highest BCUT2D eigenvalue weighted by Gasteiger charge is 2.22. The highest BCUT2D eigenvalue weighted by Crippen LogP contribution is 2.27. The SMILES string of the molecule is CC1SCCCC1Nc1cnn(CC2CCCO2)c1. The third-order valence-corrected chi connectivity index (χ3v) is 5.39. The van der Waals surface area contributed by atoms with Gasteiger partial charge in [0.1, 0.15) is 0 Å². The first-order chi connectivity index (χ1) is 9.31. The van der Waals surface area contributed by atoms with Gasteiger partial charge in [-0.2, -0.15) is 16.9 Å². The van der Waals surface area contributed by atoms with Gasteiger partial charge in [-0.15, -0.1) is 0 Å². The largest absolute Gasteiger partial charge is 0.379 e. The lowest BCUT2D eigenvalue weighted by Crippen LogP contribution is -2.32. The average Bonchev–Trinajstić information content (AvgIpc) is 3.05. The minimum absolute atomic E-state index is 0.358. The van der Waals surface area contributed by atoms with Crippen LogP contribution in [0.15, 0.2) is 12.4 Å². The molecule has 0 saturated carbocycles. The molecule has 3 rings (SSSR count). The van der Waals surface area contributed by atoms with Crippen molar-refractivity contribution >= 4 is 17.4 Å². The lowest BCUT2D eigenvalue weighted by Gasteiger charge is -2.29. The van der Waals surface area contributed by atoms with Gasteiger partial charge in [-0.3, -0.25) is 4.68 Å². The van der Waals surface area contributed by atoms with Crippen molar-refractivity contribution in [3.63, 3.8) is 0 Å². The molecule has 2 saturated heterocycles. The van der Waals surface area contributed by atoms with Gasteiger partial charge in [0.25, 0.3) is 0 Å². The lowest BCUT2D eigenvalue weighted by atomic mass is 10.1. The van der Waals surface area contributed by atoms with Crippen LogP contribution >= 0.6 is 11.8 Å². The molecule has 4 nitrogen and oxygen atoms in total. The predicted molar refractivity (Wildman–Crippen MR) is 79.8 cm³/mol. The number of aromatic nitrogens is 2. The summed E-state index contributed by atoms with van der Waals surface area (Å²) in [6, 6.07) is 0.583. The fraction of sp³-hybridized carbons (Fsp3) is 0.786. The van der Waals surface area contributed by atoms with Gasteiger partial charge in [0.05, 0.1) is 24.5 Å². The monoisotopic (exact) mass is 281 g/mol. The number of ether oxygens (including phenoxy) is 1. The van der Waals surface area contributed by atoms with Gasteiger partial charge in [0.2, 0.25) is 0 Å². The smallest absolute Gasteiger partial charge is 0.0771 e. The summed E-state index contributed by atoms with van der Waals surface area (Å²) < 4.78 is 7.66. The van der Waals surface area contributed by atoms with Gasteiger partial charge >= 0.3 is 0 Å². The molecular weight excluding hydrogens is 258 g/mol. The quantitative estimate of drug-likeness (QED) is 0.921. The van der Waals surface area contributed by atoms with Crippen LogP contribution in [0, 0.1) is 0 Å². The summed E-state index contributed by atoms with van der Waals surface area (Å²) in [7, 11) is 0. The number of nitrogens with zero attached hydrogens (tertiary/aromatic N) is 2. The third-order valence-electron chi connectivity index (χ3n) is 4.01. The Morgan fingerprint density at radius 3 is 3.21 bits per heavy atom. The summed E-state index contributed by atoms with van der Waals surface area (Å²) in [4.78, 5) is 0. The van der Waals surface area contributed by atoms with Crippen molar-refractivity contribution in [2.75, 3.05) is 17.7 Å². The van der Waals surface area contributed by atoms with E-state index in [1.165, 1.54) is 31.4 Å². The Hall–Kier alpha value is -0.680. The van der Waals surface area contributed by atoms with Crippen molar-refractivity contribution < 1.29 is 4.74 Å². The molecule has 3 atom stereocenters. The van der Waals surface area contributed by atoms with Crippen LogP contribution in [0.4, 0.5) is 5.69 Å². The van der Waals surface area contributed by atoms with E-state index >= 15 is 0 Å². The number of anilines is 1. The summed E-state index contributed by atoms with van der Waals surface area (Å²) in [5.74, 6) is 1.30. The van der Waals surface area contributed by atoms with E-state index in [0.29, 0.717) is 17.4 Å². The fourth-order valence-electron chi connectivity index (χ4n) is 2.86. The van der Waals surface area contributed by atoms with Crippen molar-refractivity contribution in [1.29, 1.82) is 0 Å². The maximum atomic E-state index is 5.65. The molecule has 2 fully saturated rings. The van der Waals surface area contributed by atoms with Gasteiger partial charge in [-0.05, 0) is 31.4 Å². The third kappa shape index (κ3) is 3.45. The maximum Gasteiger partial charge on any atom is 0.0771 e. The summed E-state index contributed by atoms with van der Waals surface area (Å²) in [6.07, 6.45) is 9.36. The molecule has 106 valence electrons. The molecule has 0 bridgehead atoms. The molecular formula is C14H23N3OS. The van der Waals surface area contributed by atoms with Gasteiger partial charge < -0.3 is 10.1 Å². The summed E-state index contributed by atoms with van der Waals surface area (Å²) in [5.41, 5.74) is 1.15. The summed E-state index contributed by atoms with van der Waals surface area (Å²) >= 11 is 2.07. The van der Waals surface area contributed by atoms with Crippen molar-refractivity contribution in [1.82, 2.24) is 9.78 Å². The van der Waals surface area contributed by atoms with Crippen LogP contribution in [0.25, 0.3) is 0 Å². The van der Waals surface area contributed by atoms with Crippen LogP contribution in [0.3, 0.4) is 0 Å². The van der Waals surface area contributed by atoms with Gasteiger partial charge in [-0.25, -0.2) is 0 Å². The van der Waals surface area contributed by atoms with E-state index in [-0.39, 0.29) is 0 Å². The van der Waals surface area contributed by atoms with Crippen molar-refractivity contribution in [2.45, 2.75) is 56.5 Å². The zero-order valence-corrected chi connectivity index (χ0v) is 12.4. The first kappa shape index (κ1) is 13.3. The number of thioether (sulfide) groups is 1. The second kappa shape index (κ2) is 6.18. The van der Waals surface area contributed by atoms with Crippen LogP contribution in [0.1, 0.15) is 32.6 Å². The van der Waals surface area contributed by atoms with E-state index in [4.69, 9.17) is 4.74 Å². The van der Waals surface area contributed by atoms with E-state index in [2.05, 4.69) is 35.3 Å². The maximum absolute atomic E-state index is 5.65. The van der Waals surface area contributed by atoms with Crippen molar-refractivity contribution in [3.05, 3.63) is 12.4 Å². The first-order valence-electron chi connectivity index (χ1n) is 7.33. The zero-order valence-electron chi connectivity index (χ0n) is 11.5. The van der Waals surface area contributed by atoms with E-state index in [9.17, 15) is 0 Å². The van der Waals surface area contributed by atoms with Crippen molar-refractivity contribution in [2.24, 2.45) is 0 Å². The summed E-state index contributed by atoms with van der Waals surface area (Å²) in [5, 5.41) is 8.76. The Labute approximate surface area is 119 Å². The Morgan fingerprint density at radius 2 is 2.42 bits per heavy atom. The summed E-state index contributed by atoms with van der Waals surface area (Å²) in [6.45, 7) is 4.11. The number of hydrogen-bond acceptors (Lipinski definition) is 4.